The number of allylic oxidation sites excluding steroid dienone is 2. The number of carbonyl (C=O) groups excluding carboxylic acids is 1. The summed E-state index contributed by atoms with van der Waals surface area (Å²) in [6.45, 7) is 7.06. The maximum Gasteiger partial charge on any atom is 0.195 e. The Morgan fingerprint density at radius 2 is 1.88 bits per heavy atom. The first-order valence-corrected chi connectivity index (χ1v) is 4.93. The molecule has 2 heteroatoms. The van der Waals surface area contributed by atoms with Crippen LogP contribution < -0.4 is 0 Å². The lowest BCUT2D eigenvalue weighted by atomic mass is 10.00. The minimum absolute atomic E-state index is 0.339. The van der Waals surface area contributed by atoms with Crippen LogP contribution in [0.1, 0.15) is 10.4 Å². The molecule has 0 aliphatic carbocycles. The number of aliphatic hydroxyl groups is 1. The van der Waals surface area contributed by atoms with Crippen molar-refractivity contribution < 1.29 is 9.90 Å². The Balaban J connectivity index is 2.94. The van der Waals surface area contributed by atoms with Crippen LogP contribution in [-0.4, -0.2) is 17.0 Å². The second-order valence-corrected chi connectivity index (χ2v) is 3.24. The highest BCUT2D eigenvalue weighted by Crippen LogP contribution is 2.11. The largest absolute Gasteiger partial charge is 0.380 e. The molecule has 0 bridgehead atoms. The predicted molar refractivity (Wildman–Crippen MR) is 65.3 cm³/mol. The molecule has 0 fully saturated rings. The van der Waals surface area contributed by atoms with Gasteiger partial charge in [0.15, 0.2) is 5.78 Å². The standard InChI is InChI=1S/C14H14O2/c1-3-8-11(4-2)13(15)14(16)12-9-6-5-7-10-12/h3-10,13,15H,1-2H2/b11-8+. The van der Waals surface area contributed by atoms with Gasteiger partial charge in [-0.2, -0.15) is 0 Å². The van der Waals surface area contributed by atoms with Gasteiger partial charge in [-0.05, 0) is 5.57 Å². The van der Waals surface area contributed by atoms with E-state index in [0.717, 1.165) is 0 Å². The molecule has 1 unspecified atom stereocenters. The zero-order valence-corrected chi connectivity index (χ0v) is 8.97. The molecule has 0 amide bonds. The maximum absolute atomic E-state index is 11.8. The summed E-state index contributed by atoms with van der Waals surface area (Å²) in [6.07, 6.45) is 3.35. The van der Waals surface area contributed by atoms with Crippen LogP contribution >= 0.6 is 0 Å². The van der Waals surface area contributed by atoms with Gasteiger partial charge in [0, 0.05) is 5.56 Å². The molecular formula is C14H14O2. The van der Waals surface area contributed by atoms with E-state index in [-0.39, 0.29) is 5.78 Å². The fourth-order valence-electron chi connectivity index (χ4n) is 1.32. The van der Waals surface area contributed by atoms with Gasteiger partial charge in [-0.1, -0.05) is 61.7 Å². The average Bonchev–Trinajstić information content (AvgIpc) is 2.35. The molecule has 0 aliphatic rings. The quantitative estimate of drug-likeness (QED) is 0.604. The molecule has 16 heavy (non-hydrogen) atoms. The average molecular weight is 214 g/mol. The van der Waals surface area contributed by atoms with Gasteiger partial charge >= 0.3 is 0 Å². The number of Topliss-reactive ketones (excluding diaryl/α,β-unsaturated/α-hetero) is 1. The molecule has 0 saturated carbocycles. The van der Waals surface area contributed by atoms with Crippen molar-refractivity contribution in [2.24, 2.45) is 0 Å². The molecule has 1 aromatic carbocycles. The fourth-order valence-corrected chi connectivity index (χ4v) is 1.32. The number of hydrogen-bond donors (Lipinski definition) is 1. The second kappa shape index (κ2) is 5.83. The zero-order chi connectivity index (χ0) is 12.0. The summed E-state index contributed by atoms with van der Waals surface area (Å²) in [4.78, 5) is 11.8. The van der Waals surface area contributed by atoms with Crippen LogP contribution in [0.5, 0.6) is 0 Å². The van der Waals surface area contributed by atoms with E-state index in [0.29, 0.717) is 11.1 Å². The molecule has 1 aromatic rings. The summed E-state index contributed by atoms with van der Waals surface area (Å²) in [5.41, 5.74) is 0.927. The molecule has 0 spiro atoms. The number of rotatable bonds is 5. The molecule has 82 valence electrons. The van der Waals surface area contributed by atoms with Crippen LogP contribution in [0.25, 0.3) is 0 Å². The summed E-state index contributed by atoms with van der Waals surface area (Å²) in [7, 11) is 0. The molecule has 0 radical (unpaired) electrons. The maximum atomic E-state index is 11.8. The van der Waals surface area contributed by atoms with Crippen molar-refractivity contribution in [2.75, 3.05) is 0 Å². The number of benzene rings is 1. The molecule has 0 heterocycles. The molecule has 1 rings (SSSR count). The highest BCUT2D eigenvalue weighted by Gasteiger charge is 2.18. The second-order valence-electron chi connectivity index (χ2n) is 3.24. The van der Waals surface area contributed by atoms with E-state index in [1.54, 1.807) is 30.3 Å². The highest BCUT2D eigenvalue weighted by atomic mass is 16.3. The van der Waals surface area contributed by atoms with E-state index in [1.807, 2.05) is 6.07 Å². The number of ketones is 1. The summed E-state index contributed by atoms with van der Waals surface area (Å²) in [5, 5.41) is 9.83. The first-order valence-electron chi connectivity index (χ1n) is 4.93. The minimum atomic E-state index is -1.18. The van der Waals surface area contributed by atoms with Crippen molar-refractivity contribution in [3.05, 3.63) is 72.9 Å². The van der Waals surface area contributed by atoms with Crippen molar-refractivity contribution in [3.8, 4) is 0 Å². The fraction of sp³-hybridized carbons (Fsp3) is 0.0714. The Bertz CT molecular complexity index is 416. The number of aliphatic hydroxyl groups excluding tert-OH is 1. The monoisotopic (exact) mass is 214 g/mol. The summed E-state index contributed by atoms with van der Waals surface area (Å²) >= 11 is 0. The van der Waals surface area contributed by atoms with Gasteiger partial charge in [0.05, 0.1) is 0 Å². The van der Waals surface area contributed by atoms with E-state index in [4.69, 9.17) is 0 Å². The van der Waals surface area contributed by atoms with Gasteiger partial charge < -0.3 is 5.11 Å². The summed E-state index contributed by atoms with van der Waals surface area (Å²) in [5.74, 6) is -0.339. The van der Waals surface area contributed by atoms with Crippen LogP contribution in [0, 0.1) is 0 Å². The SMILES string of the molecule is C=C/C=C(\C=C)C(O)C(=O)c1ccccc1. The predicted octanol–water partition coefficient (Wildman–Crippen LogP) is 2.53. The third kappa shape index (κ3) is 2.78. The van der Waals surface area contributed by atoms with Gasteiger partial charge in [0.1, 0.15) is 6.10 Å². The van der Waals surface area contributed by atoms with E-state index >= 15 is 0 Å². The van der Waals surface area contributed by atoms with Crippen molar-refractivity contribution in [3.63, 3.8) is 0 Å². The van der Waals surface area contributed by atoms with Gasteiger partial charge in [0.2, 0.25) is 0 Å². The van der Waals surface area contributed by atoms with Crippen LogP contribution in [0.15, 0.2) is 67.3 Å². The van der Waals surface area contributed by atoms with Crippen molar-refractivity contribution in [1.82, 2.24) is 0 Å². The Morgan fingerprint density at radius 3 is 2.38 bits per heavy atom. The Labute approximate surface area is 95.2 Å². The zero-order valence-electron chi connectivity index (χ0n) is 8.97. The van der Waals surface area contributed by atoms with Crippen LogP contribution in [-0.2, 0) is 0 Å². The third-order valence-electron chi connectivity index (χ3n) is 2.17. The minimum Gasteiger partial charge on any atom is -0.380 e. The molecule has 1 N–H and O–H groups in total. The van der Waals surface area contributed by atoms with E-state index in [2.05, 4.69) is 13.2 Å². The molecule has 0 aliphatic heterocycles. The highest BCUT2D eigenvalue weighted by molar-refractivity contribution is 6.01. The molecule has 2 nitrogen and oxygen atoms in total. The number of hydrogen-bond acceptors (Lipinski definition) is 2. The van der Waals surface area contributed by atoms with Crippen molar-refractivity contribution in [1.29, 1.82) is 0 Å². The first kappa shape index (κ1) is 12.1. The lowest BCUT2D eigenvalue weighted by molar-refractivity contribution is 0.0810. The van der Waals surface area contributed by atoms with E-state index < -0.39 is 6.10 Å². The van der Waals surface area contributed by atoms with Crippen molar-refractivity contribution >= 4 is 5.78 Å². The van der Waals surface area contributed by atoms with Crippen molar-refractivity contribution in [2.45, 2.75) is 6.10 Å². The molecule has 1 atom stereocenters. The lowest BCUT2D eigenvalue weighted by Crippen LogP contribution is -2.21. The normalized spacial score (nSPS) is 12.9. The van der Waals surface area contributed by atoms with E-state index in [1.165, 1.54) is 12.2 Å². The van der Waals surface area contributed by atoms with Crippen LogP contribution in [0.3, 0.4) is 0 Å². The smallest absolute Gasteiger partial charge is 0.195 e. The molecular weight excluding hydrogens is 200 g/mol. The Morgan fingerprint density at radius 1 is 1.25 bits per heavy atom. The van der Waals surface area contributed by atoms with Gasteiger partial charge in [0.25, 0.3) is 0 Å². The summed E-state index contributed by atoms with van der Waals surface area (Å²) < 4.78 is 0. The van der Waals surface area contributed by atoms with Gasteiger partial charge in [-0.3, -0.25) is 4.79 Å². The summed E-state index contributed by atoms with van der Waals surface area (Å²) in [6, 6.07) is 8.66. The van der Waals surface area contributed by atoms with Gasteiger partial charge in [-0.15, -0.1) is 0 Å². The first-order chi connectivity index (χ1) is 7.70. The molecule has 0 saturated heterocycles. The molecule has 0 aromatic heterocycles. The van der Waals surface area contributed by atoms with E-state index in [9.17, 15) is 9.90 Å². The van der Waals surface area contributed by atoms with Crippen LogP contribution in [0.4, 0.5) is 0 Å². The Hall–Kier alpha value is -1.93. The number of carbonyl (C=O) groups is 1. The third-order valence-corrected chi connectivity index (χ3v) is 2.17. The van der Waals surface area contributed by atoms with Crippen LogP contribution in [0.2, 0.25) is 0 Å². The topological polar surface area (TPSA) is 37.3 Å². The Kier molecular flexibility index (Phi) is 4.42. The van der Waals surface area contributed by atoms with Gasteiger partial charge in [-0.25, -0.2) is 0 Å². The lowest BCUT2D eigenvalue weighted by Gasteiger charge is -2.10.